The number of benzene rings is 1. The van der Waals surface area contributed by atoms with Gasteiger partial charge in [0, 0.05) is 11.4 Å². The fourth-order valence-corrected chi connectivity index (χ4v) is 1.47. The fraction of sp³-hybridized carbons (Fsp3) is 0.182. The summed E-state index contributed by atoms with van der Waals surface area (Å²) in [5.74, 6) is 0.595. The molecule has 0 fully saturated rings. The number of nitrogens with two attached hydrogens (primary N) is 1. The summed E-state index contributed by atoms with van der Waals surface area (Å²) in [5.41, 5.74) is 6.85. The summed E-state index contributed by atoms with van der Waals surface area (Å²) in [4.78, 5) is 15.7. The highest BCUT2D eigenvalue weighted by Crippen LogP contribution is 2.12. The van der Waals surface area contributed by atoms with Gasteiger partial charge in [-0.25, -0.2) is 9.78 Å². The van der Waals surface area contributed by atoms with Gasteiger partial charge in [0.15, 0.2) is 0 Å². The average molecular weight is 246 g/mol. The van der Waals surface area contributed by atoms with Gasteiger partial charge in [-0.05, 0) is 25.1 Å². The minimum atomic E-state index is -0.329. The smallest absolute Gasteiger partial charge is 0.319 e. The third-order valence-electron chi connectivity index (χ3n) is 2.34. The lowest BCUT2D eigenvalue weighted by atomic mass is 10.3. The monoisotopic (exact) mass is 246 g/mol. The first-order valence-corrected chi connectivity index (χ1v) is 5.43. The van der Waals surface area contributed by atoms with Gasteiger partial charge in [-0.1, -0.05) is 6.07 Å². The standard InChI is InChI=1S/C11H14N6O/c1-7(10-13-6-14-17-10)15-11(18)16-9-4-2-3-8(12)5-9/h2-7H,12H2,1H3,(H,13,14,17)(H2,15,16,18). The predicted octanol–water partition coefficient (Wildman–Crippen LogP) is 1.27. The number of urea groups is 1. The normalized spacial score (nSPS) is 11.8. The van der Waals surface area contributed by atoms with Gasteiger partial charge >= 0.3 is 6.03 Å². The Morgan fingerprint density at radius 3 is 3.00 bits per heavy atom. The summed E-state index contributed by atoms with van der Waals surface area (Å²) in [7, 11) is 0. The Hall–Kier alpha value is -2.57. The van der Waals surface area contributed by atoms with Crippen LogP contribution in [0.4, 0.5) is 16.2 Å². The molecule has 1 atom stereocenters. The van der Waals surface area contributed by atoms with Crippen LogP contribution in [-0.2, 0) is 0 Å². The van der Waals surface area contributed by atoms with Crippen LogP contribution in [0.1, 0.15) is 18.8 Å². The molecule has 0 aliphatic heterocycles. The third kappa shape index (κ3) is 2.97. The molecule has 2 amide bonds. The molecule has 94 valence electrons. The predicted molar refractivity (Wildman–Crippen MR) is 67.8 cm³/mol. The van der Waals surface area contributed by atoms with Crippen LogP contribution in [0.2, 0.25) is 0 Å². The molecule has 0 saturated carbocycles. The number of carbonyl (C=O) groups excluding carboxylic acids is 1. The van der Waals surface area contributed by atoms with E-state index < -0.39 is 0 Å². The lowest BCUT2D eigenvalue weighted by molar-refractivity contribution is 0.249. The van der Waals surface area contributed by atoms with Gasteiger partial charge in [0.25, 0.3) is 0 Å². The van der Waals surface area contributed by atoms with E-state index in [0.29, 0.717) is 17.2 Å². The number of aromatic amines is 1. The zero-order valence-electron chi connectivity index (χ0n) is 9.84. The lowest BCUT2D eigenvalue weighted by Gasteiger charge is -2.12. The Balaban J connectivity index is 1.93. The quantitative estimate of drug-likeness (QED) is 0.611. The first-order chi connectivity index (χ1) is 8.65. The van der Waals surface area contributed by atoms with Crippen LogP contribution in [0.25, 0.3) is 0 Å². The fourth-order valence-electron chi connectivity index (χ4n) is 1.47. The number of aromatic nitrogens is 3. The van der Waals surface area contributed by atoms with Crippen molar-refractivity contribution in [2.45, 2.75) is 13.0 Å². The SMILES string of the molecule is CC(NC(=O)Nc1cccc(N)c1)c1ncn[nH]1. The van der Waals surface area contributed by atoms with Crippen LogP contribution in [0.15, 0.2) is 30.6 Å². The number of hydrogen-bond acceptors (Lipinski definition) is 4. The molecule has 18 heavy (non-hydrogen) atoms. The Morgan fingerprint density at radius 1 is 1.50 bits per heavy atom. The van der Waals surface area contributed by atoms with E-state index in [-0.39, 0.29) is 12.1 Å². The molecule has 1 unspecified atom stereocenters. The molecular weight excluding hydrogens is 232 g/mol. The molecule has 7 heteroatoms. The number of nitrogens with zero attached hydrogens (tertiary/aromatic N) is 2. The van der Waals surface area contributed by atoms with Gasteiger partial charge in [0.1, 0.15) is 12.2 Å². The lowest BCUT2D eigenvalue weighted by Crippen LogP contribution is -2.31. The Morgan fingerprint density at radius 2 is 2.33 bits per heavy atom. The zero-order valence-corrected chi connectivity index (χ0v) is 9.84. The van der Waals surface area contributed by atoms with Crippen molar-refractivity contribution < 1.29 is 4.79 Å². The average Bonchev–Trinajstić information content (AvgIpc) is 2.81. The van der Waals surface area contributed by atoms with Crippen molar-refractivity contribution in [2.75, 3.05) is 11.1 Å². The van der Waals surface area contributed by atoms with E-state index in [4.69, 9.17) is 5.73 Å². The first kappa shape index (κ1) is 11.9. The van der Waals surface area contributed by atoms with E-state index in [9.17, 15) is 4.79 Å². The number of rotatable bonds is 3. The molecule has 0 radical (unpaired) electrons. The van der Waals surface area contributed by atoms with Gasteiger partial charge in [-0.2, -0.15) is 5.10 Å². The molecule has 2 aromatic rings. The maximum atomic E-state index is 11.7. The number of hydrogen-bond donors (Lipinski definition) is 4. The van der Waals surface area contributed by atoms with E-state index in [2.05, 4.69) is 25.8 Å². The minimum absolute atomic E-state index is 0.256. The van der Waals surface area contributed by atoms with Crippen LogP contribution in [0.5, 0.6) is 0 Å². The second-order valence-electron chi connectivity index (χ2n) is 3.82. The van der Waals surface area contributed by atoms with Gasteiger partial charge in [0.05, 0.1) is 6.04 Å². The van der Waals surface area contributed by atoms with Gasteiger partial charge < -0.3 is 16.4 Å². The van der Waals surface area contributed by atoms with Crippen molar-refractivity contribution in [3.05, 3.63) is 36.4 Å². The summed E-state index contributed by atoms with van der Waals surface area (Å²) in [6.07, 6.45) is 1.39. The molecule has 1 aromatic carbocycles. The Labute approximate surface area is 104 Å². The highest BCUT2D eigenvalue weighted by Gasteiger charge is 2.11. The summed E-state index contributed by atoms with van der Waals surface area (Å²) in [6.45, 7) is 1.81. The third-order valence-corrected chi connectivity index (χ3v) is 2.34. The Kier molecular flexibility index (Phi) is 3.42. The summed E-state index contributed by atoms with van der Waals surface area (Å²) in [6, 6.07) is 6.37. The molecule has 2 rings (SSSR count). The second kappa shape index (κ2) is 5.17. The number of amides is 2. The van der Waals surface area contributed by atoms with Crippen molar-refractivity contribution in [3.8, 4) is 0 Å². The van der Waals surface area contributed by atoms with Crippen LogP contribution in [-0.4, -0.2) is 21.2 Å². The summed E-state index contributed by atoms with van der Waals surface area (Å²) < 4.78 is 0. The topological polar surface area (TPSA) is 109 Å². The van der Waals surface area contributed by atoms with E-state index in [1.807, 2.05) is 0 Å². The summed E-state index contributed by atoms with van der Waals surface area (Å²) in [5, 5.41) is 11.8. The molecule has 1 aromatic heterocycles. The summed E-state index contributed by atoms with van der Waals surface area (Å²) >= 11 is 0. The van der Waals surface area contributed by atoms with Crippen molar-refractivity contribution in [2.24, 2.45) is 0 Å². The van der Waals surface area contributed by atoms with E-state index >= 15 is 0 Å². The molecule has 0 saturated heterocycles. The van der Waals surface area contributed by atoms with Crippen LogP contribution < -0.4 is 16.4 Å². The van der Waals surface area contributed by atoms with Crippen molar-refractivity contribution in [1.82, 2.24) is 20.5 Å². The molecule has 7 nitrogen and oxygen atoms in total. The highest BCUT2D eigenvalue weighted by atomic mass is 16.2. The van der Waals surface area contributed by atoms with Crippen molar-refractivity contribution >= 4 is 17.4 Å². The largest absolute Gasteiger partial charge is 0.399 e. The number of carbonyl (C=O) groups is 1. The van der Waals surface area contributed by atoms with Crippen molar-refractivity contribution in [1.29, 1.82) is 0 Å². The molecule has 0 spiro atoms. The van der Waals surface area contributed by atoms with Gasteiger partial charge in [0.2, 0.25) is 0 Å². The van der Waals surface area contributed by atoms with Crippen LogP contribution in [0, 0.1) is 0 Å². The number of nitrogen functional groups attached to an aromatic ring is 1. The van der Waals surface area contributed by atoms with Crippen molar-refractivity contribution in [3.63, 3.8) is 0 Å². The molecule has 0 bridgehead atoms. The second-order valence-corrected chi connectivity index (χ2v) is 3.82. The first-order valence-electron chi connectivity index (χ1n) is 5.43. The Bertz CT molecular complexity index is 524. The zero-order chi connectivity index (χ0) is 13.0. The number of nitrogens with one attached hydrogen (secondary N) is 3. The number of anilines is 2. The van der Waals surface area contributed by atoms with Crippen LogP contribution >= 0.6 is 0 Å². The molecule has 0 aliphatic rings. The highest BCUT2D eigenvalue weighted by molar-refractivity contribution is 5.89. The molecular formula is C11H14N6O. The van der Waals surface area contributed by atoms with E-state index in [1.54, 1.807) is 31.2 Å². The molecule has 1 heterocycles. The van der Waals surface area contributed by atoms with E-state index in [1.165, 1.54) is 6.33 Å². The van der Waals surface area contributed by atoms with Crippen LogP contribution in [0.3, 0.4) is 0 Å². The molecule has 0 aliphatic carbocycles. The maximum Gasteiger partial charge on any atom is 0.319 e. The van der Waals surface area contributed by atoms with E-state index in [0.717, 1.165) is 0 Å². The number of H-pyrrole nitrogens is 1. The van der Waals surface area contributed by atoms with Gasteiger partial charge in [-0.3, -0.25) is 5.10 Å². The van der Waals surface area contributed by atoms with Gasteiger partial charge in [-0.15, -0.1) is 0 Å². The maximum absolute atomic E-state index is 11.7. The minimum Gasteiger partial charge on any atom is -0.399 e. The molecule has 5 N–H and O–H groups in total.